The van der Waals surface area contributed by atoms with Gasteiger partial charge in [-0.1, -0.05) is 45.0 Å². The molecule has 0 heterocycles. The van der Waals surface area contributed by atoms with E-state index in [1.165, 1.54) is 0 Å². The number of aryl methyl sites for hydroxylation is 1. The fourth-order valence-electron chi connectivity index (χ4n) is 2.37. The lowest BCUT2D eigenvalue weighted by molar-refractivity contribution is -0.124. The molecule has 0 aliphatic rings. The Kier molecular flexibility index (Phi) is 5.97. The van der Waals surface area contributed by atoms with E-state index >= 15 is 0 Å². The predicted octanol–water partition coefficient (Wildman–Crippen LogP) is 4.16. The molecular weight excluding hydrogens is 300 g/mol. The summed E-state index contributed by atoms with van der Waals surface area (Å²) in [5.41, 5.74) is 2.33. The minimum Gasteiger partial charge on any atom is -0.479 e. The molecule has 4 heteroatoms. The first-order valence-electron chi connectivity index (χ1n) is 8.10. The van der Waals surface area contributed by atoms with Gasteiger partial charge in [-0.05, 0) is 42.2 Å². The molecule has 0 saturated carbocycles. The van der Waals surface area contributed by atoms with Gasteiger partial charge in [0.2, 0.25) is 0 Å². The topological polar surface area (TPSA) is 62.1 Å². The zero-order valence-electron chi connectivity index (χ0n) is 14.2. The van der Waals surface area contributed by atoms with E-state index in [4.69, 9.17) is 4.74 Å². The predicted molar refractivity (Wildman–Crippen MR) is 94.9 cm³/mol. The highest BCUT2D eigenvalue weighted by atomic mass is 16.5. The number of para-hydroxylation sites is 1. The van der Waals surface area contributed by atoms with Crippen molar-refractivity contribution in [3.8, 4) is 11.8 Å². The fraction of sp³-hybridized carbons (Fsp3) is 0.300. The number of amides is 1. The maximum absolute atomic E-state index is 12.6. The molecule has 1 atom stereocenters. The lowest BCUT2D eigenvalue weighted by Crippen LogP contribution is -2.37. The Labute approximate surface area is 143 Å². The van der Waals surface area contributed by atoms with Crippen LogP contribution in [0.5, 0.6) is 5.75 Å². The summed E-state index contributed by atoms with van der Waals surface area (Å²) < 4.78 is 5.85. The van der Waals surface area contributed by atoms with Crippen LogP contribution in [0.25, 0.3) is 0 Å². The number of hydrogen-bond donors (Lipinski definition) is 1. The molecule has 1 amide bonds. The standard InChI is InChI=1S/C20H22N2O2/c1-4-15-8-7-10-17(12-15)22-20(23)19(14(2)3)24-18-11-6-5-9-16(18)13-21/h5-12,14,19H,4H2,1-3H3,(H,22,23). The summed E-state index contributed by atoms with van der Waals surface area (Å²) in [5, 5.41) is 12.1. The van der Waals surface area contributed by atoms with Crippen molar-refractivity contribution in [1.29, 1.82) is 5.26 Å². The maximum Gasteiger partial charge on any atom is 0.265 e. The van der Waals surface area contributed by atoms with E-state index in [2.05, 4.69) is 18.3 Å². The smallest absolute Gasteiger partial charge is 0.265 e. The molecule has 0 aliphatic heterocycles. The third-order valence-electron chi connectivity index (χ3n) is 3.73. The molecule has 0 saturated heterocycles. The van der Waals surface area contributed by atoms with Crippen LogP contribution in [0.15, 0.2) is 48.5 Å². The van der Waals surface area contributed by atoms with Crippen molar-refractivity contribution in [2.24, 2.45) is 5.92 Å². The van der Waals surface area contributed by atoms with Crippen LogP contribution in [0, 0.1) is 17.2 Å². The van der Waals surface area contributed by atoms with Crippen LogP contribution >= 0.6 is 0 Å². The second-order valence-corrected chi connectivity index (χ2v) is 5.93. The van der Waals surface area contributed by atoms with Crippen molar-refractivity contribution in [2.75, 3.05) is 5.32 Å². The number of rotatable bonds is 6. The average molecular weight is 322 g/mol. The van der Waals surface area contributed by atoms with E-state index in [1.54, 1.807) is 24.3 Å². The number of ether oxygens (including phenoxy) is 1. The Morgan fingerprint density at radius 2 is 1.96 bits per heavy atom. The van der Waals surface area contributed by atoms with Crippen molar-refractivity contribution in [2.45, 2.75) is 33.3 Å². The third kappa shape index (κ3) is 4.36. The molecule has 0 bridgehead atoms. The summed E-state index contributed by atoms with van der Waals surface area (Å²) in [6.45, 7) is 5.91. The molecule has 4 nitrogen and oxygen atoms in total. The van der Waals surface area contributed by atoms with Crippen LogP contribution in [-0.4, -0.2) is 12.0 Å². The van der Waals surface area contributed by atoms with Gasteiger partial charge in [0, 0.05) is 5.69 Å². The molecule has 0 aliphatic carbocycles. The summed E-state index contributed by atoms with van der Waals surface area (Å²) >= 11 is 0. The highest BCUT2D eigenvalue weighted by Crippen LogP contribution is 2.22. The van der Waals surface area contributed by atoms with Gasteiger partial charge >= 0.3 is 0 Å². The first-order valence-corrected chi connectivity index (χ1v) is 8.10. The molecule has 2 aromatic rings. The van der Waals surface area contributed by atoms with Crippen LogP contribution in [0.2, 0.25) is 0 Å². The molecular formula is C20H22N2O2. The van der Waals surface area contributed by atoms with Gasteiger partial charge < -0.3 is 10.1 Å². The summed E-state index contributed by atoms with van der Waals surface area (Å²) in [4.78, 5) is 12.6. The number of benzene rings is 2. The molecule has 0 radical (unpaired) electrons. The van der Waals surface area contributed by atoms with Crippen LogP contribution in [0.3, 0.4) is 0 Å². The summed E-state index contributed by atoms with van der Waals surface area (Å²) in [6.07, 6.45) is 0.230. The largest absolute Gasteiger partial charge is 0.479 e. The van der Waals surface area contributed by atoms with E-state index < -0.39 is 6.10 Å². The van der Waals surface area contributed by atoms with Gasteiger partial charge in [-0.2, -0.15) is 5.26 Å². The van der Waals surface area contributed by atoms with Gasteiger partial charge in [0.05, 0.1) is 5.56 Å². The highest BCUT2D eigenvalue weighted by Gasteiger charge is 2.25. The van der Waals surface area contributed by atoms with Crippen molar-refractivity contribution < 1.29 is 9.53 Å². The molecule has 2 aromatic carbocycles. The molecule has 1 N–H and O–H groups in total. The lowest BCUT2D eigenvalue weighted by atomic mass is 10.1. The Balaban J connectivity index is 2.17. The highest BCUT2D eigenvalue weighted by molar-refractivity contribution is 5.94. The monoisotopic (exact) mass is 322 g/mol. The van der Waals surface area contributed by atoms with E-state index in [-0.39, 0.29) is 11.8 Å². The molecule has 0 spiro atoms. The van der Waals surface area contributed by atoms with Gasteiger partial charge in [0.1, 0.15) is 11.8 Å². The number of carbonyl (C=O) groups excluding carboxylic acids is 1. The minimum atomic E-state index is -0.676. The maximum atomic E-state index is 12.6. The average Bonchev–Trinajstić information content (AvgIpc) is 2.59. The quantitative estimate of drug-likeness (QED) is 0.868. The second kappa shape index (κ2) is 8.16. The van der Waals surface area contributed by atoms with E-state index in [0.717, 1.165) is 17.7 Å². The van der Waals surface area contributed by atoms with E-state index in [0.29, 0.717) is 11.3 Å². The van der Waals surface area contributed by atoms with Crippen LogP contribution < -0.4 is 10.1 Å². The van der Waals surface area contributed by atoms with Crippen molar-refractivity contribution in [3.05, 3.63) is 59.7 Å². The van der Waals surface area contributed by atoms with Gasteiger partial charge in [-0.3, -0.25) is 4.79 Å². The van der Waals surface area contributed by atoms with Gasteiger partial charge in [-0.25, -0.2) is 0 Å². The number of nitriles is 1. The summed E-state index contributed by atoms with van der Waals surface area (Å²) in [5.74, 6) is 0.174. The molecule has 0 aromatic heterocycles. The molecule has 24 heavy (non-hydrogen) atoms. The van der Waals surface area contributed by atoms with Crippen LogP contribution in [0.4, 0.5) is 5.69 Å². The zero-order valence-corrected chi connectivity index (χ0v) is 14.2. The number of nitrogens with one attached hydrogen (secondary N) is 1. The molecule has 124 valence electrons. The van der Waals surface area contributed by atoms with Crippen molar-refractivity contribution >= 4 is 11.6 Å². The fourth-order valence-corrected chi connectivity index (χ4v) is 2.37. The van der Waals surface area contributed by atoms with Crippen molar-refractivity contribution in [3.63, 3.8) is 0 Å². The van der Waals surface area contributed by atoms with Gasteiger partial charge in [-0.15, -0.1) is 0 Å². The second-order valence-electron chi connectivity index (χ2n) is 5.93. The molecule has 2 rings (SSSR count). The zero-order chi connectivity index (χ0) is 17.5. The van der Waals surface area contributed by atoms with Crippen LogP contribution in [0.1, 0.15) is 31.9 Å². The van der Waals surface area contributed by atoms with Crippen molar-refractivity contribution in [1.82, 2.24) is 0 Å². The number of hydrogen-bond acceptors (Lipinski definition) is 3. The summed E-state index contributed by atoms with van der Waals surface area (Å²) in [6, 6.07) is 16.8. The Bertz CT molecular complexity index is 747. The lowest BCUT2D eigenvalue weighted by Gasteiger charge is -2.22. The van der Waals surface area contributed by atoms with Gasteiger partial charge in [0.15, 0.2) is 6.10 Å². The molecule has 0 fully saturated rings. The number of anilines is 1. The first kappa shape index (κ1) is 17.6. The first-order chi connectivity index (χ1) is 11.5. The molecule has 1 unspecified atom stereocenters. The number of carbonyl (C=O) groups is 1. The van der Waals surface area contributed by atoms with Gasteiger partial charge in [0.25, 0.3) is 5.91 Å². The van der Waals surface area contributed by atoms with E-state index in [9.17, 15) is 10.1 Å². The Morgan fingerprint density at radius 3 is 2.62 bits per heavy atom. The number of nitrogens with zero attached hydrogens (tertiary/aromatic N) is 1. The Morgan fingerprint density at radius 1 is 1.21 bits per heavy atom. The van der Waals surface area contributed by atoms with Crippen LogP contribution in [-0.2, 0) is 11.2 Å². The Hall–Kier alpha value is -2.80. The third-order valence-corrected chi connectivity index (χ3v) is 3.73. The SMILES string of the molecule is CCc1cccc(NC(=O)C(Oc2ccccc2C#N)C(C)C)c1. The minimum absolute atomic E-state index is 0.0360. The summed E-state index contributed by atoms with van der Waals surface area (Å²) in [7, 11) is 0. The normalized spacial score (nSPS) is 11.6. The van der Waals surface area contributed by atoms with E-state index in [1.807, 2.05) is 38.1 Å².